The molecular weight excluding hydrogens is 641 g/mol. The molecule has 0 radical (unpaired) electrons. The molecular formula is C36H39Cl2N3O4S. The minimum absolute atomic E-state index is 0.00115. The fraction of sp³-hybridized carbons (Fsp3) is 0.278. The molecule has 1 atom stereocenters. The lowest BCUT2D eigenvalue weighted by molar-refractivity contribution is -0.140. The van der Waals surface area contributed by atoms with Crippen molar-refractivity contribution in [3.8, 4) is 0 Å². The summed E-state index contributed by atoms with van der Waals surface area (Å²) in [5.74, 6) is -0.919. The van der Waals surface area contributed by atoms with Crippen LogP contribution in [-0.2, 0) is 32.6 Å². The van der Waals surface area contributed by atoms with Gasteiger partial charge in [-0.2, -0.15) is 0 Å². The van der Waals surface area contributed by atoms with Crippen molar-refractivity contribution in [2.24, 2.45) is 0 Å². The number of benzene rings is 4. The predicted octanol–water partition coefficient (Wildman–Crippen LogP) is 7.36. The van der Waals surface area contributed by atoms with Crippen molar-refractivity contribution in [2.45, 2.75) is 64.1 Å². The van der Waals surface area contributed by atoms with E-state index in [0.717, 1.165) is 26.6 Å². The summed E-state index contributed by atoms with van der Waals surface area (Å²) in [7, 11) is -4.28. The lowest BCUT2D eigenvalue weighted by Crippen LogP contribution is -2.56. The second-order valence-corrected chi connectivity index (χ2v) is 15.1. The molecule has 0 aliphatic heterocycles. The highest BCUT2D eigenvalue weighted by Gasteiger charge is 2.36. The zero-order valence-corrected chi connectivity index (χ0v) is 29.0. The normalized spacial score (nSPS) is 12.3. The number of aryl methyl sites for hydroxylation is 2. The van der Waals surface area contributed by atoms with Crippen LogP contribution in [0.4, 0.5) is 5.69 Å². The minimum Gasteiger partial charge on any atom is -0.350 e. The van der Waals surface area contributed by atoms with Crippen LogP contribution in [0.15, 0.2) is 102 Å². The second-order valence-electron chi connectivity index (χ2n) is 12.3. The number of hydrogen-bond donors (Lipinski definition) is 1. The number of nitrogens with one attached hydrogen (secondary N) is 1. The molecule has 1 unspecified atom stereocenters. The van der Waals surface area contributed by atoms with E-state index in [1.165, 1.54) is 35.2 Å². The average molecular weight is 681 g/mol. The molecule has 0 fully saturated rings. The summed E-state index contributed by atoms with van der Waals surface area (Å²) in [6.45, 7) is 8.88. The fourth-order valence-electron chi connectivity index (χ4n) is 5.03. The van der Waals surface area contributed by atoms with Gasteiger partial charge in [-0.25, -0.2) is 8.42 Å². The van der Waals surface area contributed by atoms with E-state index in [1.54, 1.807) is 12.1 Å². The van der Waals surface area contributed by atoms with Crippen LogP contribution in [0, 0.1) is 13.8 Å². The molecule has 0 aliphatic rings. The number of rotatable bonds is 11. The molecule has 10 heteroatoms. The maximum Gasteiger partial charge on any atom is 0.264 e. The maximum atomic E-state index is 14.6. The van der Waals surface area contributed by atoms with Gasteiger partial charge in [0, 0.05) is 28.5 Å². The van der Waals surface area contributed by atoms with Crippen molar-refractivity contribution in [2.75, 3.05) is 10.8 Å². The Morgan fingerprint density at radius 3 is 2.00 bits per heavy atom. The summed E-state index contributed by atoms with van der Waals surface area (Å²) < 4.78 is 29.4. The zero-order valence-electron chi connectivity index (χ0n) is 26.6. The Hall–Kier alpha value is -3.85. The lowest BCUT2D eigenvalue weighted by Gasteiger charge is -2.35. The molecule has 4 aromatic rings. The van der Waals surface area contributed by atoms with Crippen molar-refractivity contribution in [3.05, 3.63) is 129 Å². The monoisotopic (exact) mass is 679 g/mol. The van der Waals surface area contributed by atoms with Crippen molar-refractivity contribution in [1.82, 2.24) is 10.2 Å². The van der Waals surface area contributed by atoms with Crippen LogP contribution in [-0.4, -0.2) is 43.3 Å². The molecule has 2 amide bonds. The minimum atomic E-state index is -4.28. The Bertz CT molecular complexity index is 1770. The number of carbonyl (C=O) groups is 2. The highest BCUT2D eigenvalue weighted by Crippen LogP contribution is 2.30. The van der Waals surface area contributed by atoms with Crippen molar-refractivity contribution < 1.29 is 18.0 Å². The van der Waals surface area contributed by atoms with Gasteiger partial charge in [0.2, 0.25) is 11.8 Å². The van der Waals surface area contributed by atoms with E-state index in [9.17, 15) is 18.0 Å². The van der Waals surface area contributed by atoms with Gasteiger partial charge in [-0.05, 0) is 81.6 Å². The summed E-state index contributed by atoms with van der Waals surface area (Å²) >= 11 is 12.6. The molecule has 0 aliphatic carbocycles. The summed E-state index contributed by atoms with van der Waals surface area (Å²) in [5.41, 5.74) is 3.04. The topological polar surface area (TPSA) is 86.8 Å². The first-order chi connectivity index (χ1) is 21.6. The highest BCUT2D eigenvalue weighted by molar-refractivity contribution is 7.92. The third-order valence-corrected chi connectivity index (χ3v) is 9.62. The quantitative estimate of drug-likeness (QED) is 0.179. The molecule has 0 saturated carbocycles. The van der Waals surface area contributed by atoms with Crippen molar-refractivity contribution >= 4 is 50.7 Å². The largest absolute Gasteiger partial charge is 0.350 e. The smallest absolute Gasteiger partial charge is 0.264 e. The Kier molecular flexibility index (Phi) is 11.2. The van der Waals surface area contributed by atoms with Gasteiger partial charge in [0.05, 0.1) is 10.6 Å². The van der Waals surface area contributed by atoms with E-state index in [-0.39, 0.29) is 39.5 Å². The van der Waals surface area contributed by atoms with Gasteiger partial charge < -0.3 is 10.2 Å². The van der Waals surface area contributed by atoms with Gasteiger partial charge >= 0.3 is 0 Å². The van der Waals surface area contributed by atoms with Crippen LogP contribution in [0.5, 0.6) is 0 Å². The van der Waals surface area contributed by atoms with E-state index in [1.807, 2.05) is 89.2 Å². The zero-order chi connectivity index (χ0) is 33.6. The fourth-order valence-corrected chi connectivity index (χ4v) is 6.94. The first kappa shape index (κ1) is 35.0. The van der Waals surface area contributed by atoms with Crippen LogP contribution < -0.4 is 9.62 Å². The molecule has 0 spiro atoms. The third kappa shape index (κ3) is 9.12. The first-order valence-corrected chi connectivity index (χ1v) is 17.1. The van der Waals surface area contributed by atoms with Crippen molar-refractivity contribution in [1.29, 1.82) is 0 Å². The summed E-state index contributed by atoms with van der Waals surface area (Å²) in [6, 6.07) is 26.8. The number of halogens is 2. The number of anilines is 1. The summed E-state index contributed by atoms with van der Waals surface area (Å²) in [5, 5.41) is 3.46. The molecule has 0 heterocycles. The number of carbonyl (C=O) groups excluding carboxylic acids is 2. The van der Waals surface area contributed by atoms with Gasteiger partial charge in [-0.1, -0.05) is 95.5 Å². The predicted molar refractivity (Wildman–Crippen MR) is 186 cm³/mol. The average Bonchev–Trinajstić information content (AvgIpc) is 2.97. The molecule has 4 rings (SSSR count). The van der Waals surface area contributed by atoms with Crippen LogP contribution >= 0.6 is 23.2 Å². The molecule has 242 valence electrons. The van der Waals surface area contributed by atoms with E-state index in [2.05, 4.69) is 5.32 Å². The van der Waals surface area contributed by atoms with E-state index < -0.39 is 34.1 Å². The number of hydrogen-bond acceptors (Lipinski definition) is 4. The third-order valence-electron chi connectivity index (χ3n) is 7.39. The van der Waals surface area contributed by atoms with Gasteiger partial charge in [0.1, 0.15) is 12.6 Å². The summed E-state index contributed by atoms with van der Waals surface area (Å²) in [4.78, 5) is 30.1. The molecule has 46 heavy (non-hydrogen) atoms. The molecule has 0 aromatic heterocycles. The molecule has 0 saturated heterocycles. The Balaban J connectivity index is 1.85. The van der Waals surface area contributed by atoms with Crippen molar-refractivity contribution in [3.63, 3.8) is 0 Å². The van der Waals surface area contributed by atoms with E-state index >= 15 is 0 Å². The highest BCUT2D eigenvalue weighted by atomic mass is 35.5. The van der Waals surface area contributed by atoms with Crippen LogP contribution in [0.2, 0.25) is 10.0 Å². The standard InChI is InChI=1S/C36H39Cl2N3O4S/c1-25-15-17-32(18-16-25)46(44,45)41(31-21-29(37)20-30(38)22-31)24-34(42)40(23-28-14-10-9-11-26(28)2)33(35(43)39-36(3,4)5)19-27-12-7-6-8-13-27/h6-18,20-22,33H,19,23-24H2,1-5H3,(H,39,43). The SMILES string of the molecule is Cc1ccc(S(=O)(=O)N(CC(=O)N(Cc2ccccc2C)C(Cc2ccccc2)C(=O)NC(C)(C)C)c2cc(Cl)cc(Cl)c2)cc1. The molecule has 4 aromatic carbocycles. The number of amides is 2. The number of nitrogens with zero attached hydrogens (tertiary/aromatic N) is 2. The van der Waals surface area contributed by atoms with Gasteiger partial charge in [-0.3, -0.25) is 13.9 Å². The van der Waals surface area contributed by atoms with E-state index in [4.69, 9.17) is 23.2 Å². The van der Waals surface area contributed by atoms with Gasteiger partial charge in [0.15, 0.2) is 0 Å². The first-order valence-electron chi connectivity index (χ1n) is 14.9. The Labute approximate surface area is 282 Å². The van der Waals surface area contributed by atoms with Crippen LogP contribution in [0.25, 0.3) is 0 Å². The van der Waals surface area contributed by atoms with Crippen LogP contribution in [0.3, 0.4) is 0 Å². The Morgan fingerprint density at radius 2 is 1.41 bits per heavy atom. The van der Waals surface area contributed by atoms with Gasteiger partial charge in [-0.15, -0.1) is 0 Å². The molecule has 7 nitrogen and oxygen atoms in total. The maximum absolute atomic E-state index is 14.6. The molecule has 0 bridgehead atoms. The Morgan fingerprint density at radius 1 is 0.826 bits per heavy atom. The molecule has 1 N–H and O–H groups in total. The van der Waals surface area contributed by atoms with Gasteiger partial charge in [0.25, 0.3) is 10.0 Å². The summed E-state index contributed by atoms with van der Waals surface area (Å²) in [6.07, 6.45) is 0.216. The second kappa shape index (κ2) is 14.7. The lowest BCUT2D eigenvalue weighted by atomic mass is 10.00. The number of sulfonamides is 1. The van der Waals surface area contributed by atoms with Crippen LogP contribution in [0.1, 0.15) is 43.0 Å². The van der Waals surface area contributed by atoms with E-state index in [0.29, 0.717) is 0 Å².